The number of aryl methyl sites for hydroxylation is 1. The van der Waals surface area contributed by atoms with Crippen LogP contribution >= 0.6 is 0 Å². The number of nitrogen functional groups attached to an aromatic ring is 1. The molecule has 0 unspecified atom stereocenters. The lowest BCUT2D eigenvalue weighted by Crippen LogP contribution is -2.14. The Morgan fingerprint density at radius 1 is 1.46 bits per heavy atom. The van der Waals surface area contributed by atoms with E-state index in [2.05, 4.69) is 0 Å². The van der Waals surface area contributed by atoms with Gasteiger partial charge in [0.15, 0.2) is 0 Å². The first-order chi connectivity index (χ1) is 6.07. The standard InChI is InChI=1S/C10H14N2O/c1-3-7-4-5-8(10(12)13)6(2)9(7)11/h4-5H,3,11H2,1-2H3,(H2,12,13). The van der Waals surface area contributed by atoms with Crippen LogP contribution < -0.4 is 11.5 Å². The van der Waals surface area contributed by atoms with Crippen molar-refractivity contribution in [1.82, 2.24) is 0 Å². The fraction of sp³-hybridized carbons (Fsp3) is 0.300. The van der Waals surface area contributed by atoms with Crippen LogP contribution in [0.5, 0.6) is 0 Å². The van der Waals surface area contributed by atoms with Gasteiger partial charge in [0.1, 0.15) is 0 Å². The quantitative estimate of drug-likeness (QED) is 0.669. The topological polar surface area (TPSA) is 69.1 Å². The molecule has 0 fully saturated rings. The Hall–Kier alpha value is -1.51. The first kappa shape index (κ1) is 9.58. The summed E-state index contributed by atoms with van der Waals surface area (Å²) in [4.78, 5) is 10.9. The lowest BCUT2D eigenvalue weighted by atomic mass is 10.0. The SMILES string of the molecule is CCc1ccc(C(N)=O)c(C)c1N. The Bertz CT molecular complexity index is 345. The van der Waals surface area contributed by atoms with E-state index >= 15 is 0 Å². The Balaban J connectivity index is 3.31. The molecule has 0 aliphatic rings. The summed E-state index contributed by atoms with van der Waals surface area (Å²) in [5.41, 5.74) is 14.0. The van der Waals surface area contributed by atoms with Gasteiger partial charge >= 0.3 is 0 Å². The van der Waals surface area contributed by atoms with Gasteiger partial charge in [0.25, 0.3) is 0 Å². The van der Waals surface area contributed by atoms with E-state index in [0.29, 0.717) is 11.3 Å². The predicted molar refractivity (Wildman–Crippen MR) is 53.5 cm³/mol. The zero-order chi connectivity index (χ0) is 10.0. The highest BCUT2D eigenvalue weighted by atomic mass is 16.1. The van der Waals surface area contributed by atoms with Gasteiger partial charge in [-0.1, -0.05) is 13.0 Å². The van der Waals surface area contributed by atoms with E-state index in [-0.39, 0.29) is 0 Å². The minimum atomic E-state index is -0.424. The van der Waals surface area contributed by atoms with Crippen LogP contribution in [0, 0.1) is 6.92 Å². The normalized spacial score (nSPS) is 10.0. The molecule has 1 aromatic carbocycles. The molecule has 1 rings (SSSR count). The predicted octanol–water partition coefficient (Wildman–Crippen LogP) is 1.24. The van der Waals surface area contributed by atoms with Crippen LogP contribution in [-0.4, -0.2) is 5.91 Å². The Morgan fingerprint density at radius 3 is 2.54 bits per heavy atom. The molecule has 3 nitrogen and oxygen atoms in total. The van der Waals surface area contributed by atoms with Gasteiger partial charge in [0.05, 0.1) is 0 Å². The number of nitrogens with two attached hydrogens (primary N) is 2. The van der Waals surface area contributed by atoms with Crippen molar-refractivity contribution in [3.05, 3.63) is 28.8 Å². The van der Waals surface area contributed by atoms with Gasteiger partial charge in [0, 0.05) is 11.3 Å². The molecule has 1 aromatic rings. The van der Waals surface area contributed by atoms with Gasteiger partial charge < -0.3 is 11.5 Å². The van der Waals surface area contributed by atoms with E-state index in [1.807, 2.05) is 19.9 Å². The molecular formula is C10H14N2O. The molecular weight excluding hydrogens is 164 g/mol. The molecule has 0 saturated carbocycles. The molecule has 0 atom stereocenters. The van der Waals surface area contributed by atoms with E-state index in [0.717, 1.165) is 17.5 Å². The van der Waals surface area contributed by atoms with Crippen LogP contribution in [0.1, 0.15) is 28.4 Å². The average Bonchev–Trinajstić information content (AvgIpc) is 2.09. The van der Waals surface area contributed by atoms with E-state index in [4.69, 9.17) is 11.5 Å². The largest absolute Gasteiger partial charge is 0.398 e. The second-order valence-corrected chi connectivity index (χ2v) is 3.03. The van der Waals surface area contributed by atoms with E-state index in [9.17, 15) is 4.79 Å². The van der Waals surface area contributed by atoms with Gasteiger partial charge in [-0.05, 0) is 30.5 Å². The maximum atomic E-state index is 10.9. The van der Waals surface area contributed by atoms with Crippen molar-refractivity contribution < 1.29 is 4.79 Å². The molecule has 13 heavy (non-hydrogen) atoms. The number of hydrogen-bond donors (Lipinski definition) is 2. The molecule has 0 aliphatic carbocycles. The molecule has 0 aromatic heterocycles. The molecule has 0 heterocycles. The van der Waals surface area contributed by atoms with Crippen LogP contribution in [0.15, 0.2) is 12.1 Å². The van der Waals surface area contributed by atoms with E-state index in [1.54, 1.807) is 6.07 Å². The van der Waals surface area contributed by atoms with Gasteiger partial charge in [0.2, 0.25) is 5.91 Å². The zero-order valence-corrected chi connectivity index (χ0v) is 7.92. The monoisotopic (exact) mass is 178 g/mol. The van der Waals surface area contributed by atoms with Crippen molar-refractivity contribution in [3.63, 3.8) is 0 Å². The minimum Gasteiger partial charge on any atom is -0.398 e. The number of anilines is 1. The number of amides is 1. The Labute approximate surface area is 77.7 Å². The maximum Gasteiger partial charge on any atom is 0.249 e. The third-order valence-corrected chi connectivity index (χ3v) is 2.25. The average molecular weight is 178 g/mol. The third-order valence-electron chi connectivity index (χ3n) is 2.25. The highest BCUT2D eigenvalue weighted by molar-refractivity contribution is 5.95. The van der Waals surface area contributed by atoms with Crippen LogP contribution in [0.2, 0.25) is 0 Å². The van der Waals surface area contributed by atoms with Gasteiger partial charge in [-0.2, -0.15) is 0 Å². The van der Waals surface area contributed by atoms with Gasteiger partial charge in [-0.25, -0.2) is 0 Å². The Morgan fingerprint density at radius 2 is 2.08 bits per heavy atom. The molecule has 0 spiro atoms. The van der Waals surface area contributed by atoms with Gasteiger partial charge in [-0.3, -0.25) is 4.79 Å². The minimum absolute atomic E-state index is 0.424. The summed E-state index contributed by atoms with van der Waals surface area (Å²) < 4.78 is 0. The van der Waals surface area contributed by atoms with E-state index < -0.39 is 5.91 Å². The van der Waals surface area contributed by atoms with Crippen molar-refractivity contribution in [3.8, 4) is 0 Å². The molecule has 1 amide bonds. The second-order valence-electron chi connectivity index (χ2n) is 3.03. The number of carbonyl (C=O) groups excluding carboxylic acids is 1. The van der Waals surface area contributed by atoms with Crippen molar-refractivity contribution >= 4 is 11.6 Å². The summed E-state index contributed by atoms with van der Waals surface area (Å²) in [6.07, 6.45) is 0.867. The molecule has 0 saturated heterocycles. The number of primary amides is 1. The number of carbonyl (C=O) groups is 1. The molecule has 3 heteroatoms. The smallest absolute Gasteiger partial charge is 0.249 e. The summed E-state index contributed by atoms with van der Waals surface area (Å²) in [5, 5.41) is 0. The molecule has 0 radical (unpaired) electrons. The second kappa shape index (κ2) is 3.47. The summed E-state index contributed by atoms with van der Waals surface area (Å²) in [6.45, 7) is 3.84. The molecule has 0 aliphatic heterocycles. The number of benzene rings is 1. The van der Waals surface area contributed by atoms with E-state index in [1.165, 1.54) is 0 Å². The first-order valence-corrected chi connectivity index (χ1v) is 4.25. The van der Waals surface area contributed by atoms with Crippen LogP contribution in [0.25, 0.3) is 0 Å². The maximum absolute atomic E-state index is 10.9. The summed E-state index contributed by atoms with van der Waals surface area (Å²) in [5.74, 6) is -0.424. The molecule has 0 bridgehead atoms. The van der Waals surface area contributed by atoms with Gasteiger partial charge in [-0.15, -0.1) is 0 Å². The lowest BCUT2D eigenvalue weighted by molar-refractivity contribution is 0.1000. The van der Waals surface area contributed by atoms with Crippen molar-refractivity contribution in [1.29, 1.82) is 0 Å². The molecule has 4 N–H and O–H groups in total. The zero-order valence-electron chi connectivity index (χ0n) is 7.92. The number of rotatable bonds is 2. The van der Waals surface area contributed by atoms with Crippen molar-refractivity contribution in [2.45, 2.75) is 20.3 Å². The van der Waals surface area contributed by atoms with Crippen molar-refractivity contribution in [2.24, 2.45) is 5.73 Å². The van der Waals surface area contributed by atoms with Crippen molar-refractivity contribution in [2.75, 3.05) is 5.73 Å². The van der Waals surface area contributed by atoms with Crippen LogP contribution in [0.4, 0.5) is 5.69 Å². The van der Waals surface area contributed by atoms with Crippen LogP contribution in [0.3, 0.4) is 0 Å². The lowest BCUT2D eigenvalue weighted by Gasteiger charge is -2.09. The highest BCUT2D eigenvalue weighted by Crippen LogP contribution is 2.20. The highest BCUT2D eigenvalue weighted by Gasteiger charge is 2.09. The fourth-order valence-corrected chi connectivity index (χ4v) is 1.36. The molecule has 70 valence electrons. The summed E-state index contributed by atoms with van der Waals surface area (Å²) in [6, 6.07) is 3.58. The summed E-state index contributed by atoms with van der Waals surface area (Å²) in [7, 11) is 0. The first-order valence-electron chi connectivity index (χ1n) is 4.25. The fourth-order valence-electron chi connectivity index (χ4n) is 1.36. The number of hydrogen-bond acceptors (Lipinski definition) is 2. The Kier molecular flexibility index (Phi) is 2.56. The summed E-state index contributed by atoms with van der Waals surface area (Å²) >= 11 is 0. The third kappa shape index (κ3) is 1.64. The van der Waals surface area contributed by atoms with Crippen LogP contribution in [-0.2, 0) is 6.42 Å².